The molecule has 0 aliphatic heterocycles. The number of rotatable bonds is 9. The molecule has 0 amide bonds. The molecule has 24 nitrogen and oxygen atoms in total. The second kappa shape index (κ2) is 57.7. The lowest BCUT2D eigenvalue weighted by molar-refractivity contribution is 0.0646. The van der Waals surface area contributed by atoms with Crippen molar-refractivity contribution in [2.75, 3.05) is 39.3 Å². The summed E-state index contributed by atoms with van der Waals surface area (Å²) in [6, 6.07) is 0. The van der Waals surface area contributed by atoms with Gasteiger partial charge < -0.3 is 93.5 Å². The van der Waals surface area contributed by atoms with Crippen LogP contribution in [-0.4, -0.2) is 143 Å². The van der Waals surface area contributed by atoms with Crippen LogP contribution in [0.15, 0.2) is 0 Å². The first kappa shape index (κ1) is 70.9. The molecule has 0 spiro atoms. The Hall–Kier alpha value is -4.62. The van der Waals surface area contributed by atoms with Crippen molar-refractivity contribution in [1.82, 2.24) is 0 Å². The van der Waals surface area contributed by atoms with Gasteiger partial charge in [0, 0.05) is 39.3 Å². The molecular weight excluding hydrogens is 732 g/mol. The molecule has 0 rings (SSSR count). The van der Waals surface area contributed by atoms with E-state index in [1.165, 1.54) is 0 Å². The number of nitrogens with two attached hydrogens (primary N) is 6. The highest BCUT2D eigenvalue weighted by Gasteiger charge is 2.00. The zero-order valence-corrected chi connectivity index (χ0v) is 33.8. The van der Waals surface area contributed by atoms with Crippen LogP contribution in [0.1, 0.15) is 83.1 Å². The van der Waals surface area contributed by atoms with Gasteiger partial charge in [-0.1, -0.05) is 0 Å². The molecule has 0 heterocycles. The van der Waals surface area contributed by atoms with Crippen LogP contribution in [0, 0.1) is 0 Å². The minimum atomic E-state index is -1.21. The van der Waals surface area contributed by atoms with Gasteiger partial charge in [0.25, 0.3) is 0 Å². The summed E-state index contributed by atoms with van der Waals surface area (Å²) in [6.45, 7) is 23.5. The molecule has 0 aromatic rings. The zero-order valence-electron chi connectivity index (χ0n) is 33.8. The fourth-order valence-corrected chi connectivity index (χ4v) is 1.21. The molecule has 0 bridgehead atoms. The molecule has 0 aromatic carbocycles. The second-order valence-electron chi connectivity index (χ2n) is 10.3. The molecule has 0 saturated carbocycles. The highest BCUT2D eigenvalue weighted by atomic mass is 16.7. The molecule has 0 saturated heterocycles. The Kier molecular flexibility index (Phi) is 75.8. The summed E-state index contributed by atoms with van der Waals surface area (Å²) >= 11 is 0. The van der Waals surface area contributed by atoms with Gasteiger partial charge in [-0.2, -0.15) is 0 Å². The summed E-state index contributed by atoms with van der Waals surface area (Å²) in [5.74, 6) is 0. The van der Waals surface area contributed by atoms with Crippen LogP contribution in [0.2, 0.25) is 0 Å². The van der Waals surface area contributed by atoms with Gasteiger partial charge in [-0.05, 0) is 83.1 Å². The fourth-order valence-electron chi connectivity index (χ4n) is 1.21. The van der Waals surface area contributed by atoms with Gasteiger partial charge >= 0.3 is 36.9 Å². The van der Waals surface area contributed by atoms with Gasteiger partial charge in [0.1, 0.15) is 0 Å². The van der Waals surface area contributed by atoms with Crippen molar-refractivity contribution in [3.63, 3.8) is 0 Å². The van der Waals surface area contributed by atoms with E-state index in [0.717, 1.165) is 0 Å². The van der Waals surface area contributed by atoms with E-state index in [0.29, 0.717) is 39.3 Å². The van der Waals surface area contributed by atoms with E-state index in [1.807, 2.05) is 0 Å². The highest BCUT2D eigenvalue weighted by molar-refractivity contribution is 5.58. The first-order chi connectivity index (χ1) is 24.5. The third-order valence-electron chi connectivity index (χ3n) is 2.52. The summed E-state index contributed by atoms with van der Waals surface area (Å²) in [5, 5.41) is 47.2. The van der Waals surface area contributed by atoms with Gasteiger partial charge in [-0.3, -0.25) is 0 Å². The molecular formula is C30H72N6O18. The van der Waals surface area contributed by atoms with Crippen LogP contribution >= 0.6 is 0 Å². The van der Waals surface area contributed by atoms with Crippen molar-refractivity contribution in [2.45, 2.75) is 120 Å². The van der Waals surface area contributed by atoms with Crippen LogP contribution < -0.4 is 34.4 Å². The van der Waals surface area contributed by atoms with E-state index in [9.17, 15) is 28.8 Å². The fraction of sp³-hybridized carbons (Fsp3) is 0.800. The molecule has 18 N–H and O–H groups in total. The van der Waals surface area contributed by atoms with E-state index in [4.69, 9.17) is 65.0 Å². The normalized spacial score (nSPS) is 8.67. The summed E-state index contributed by atoms with van der Waals surface area (Å²) in [7, 11) is 0. The van der Waals surface area contributed by atoms with Crippen molar-refractivity contribution in [3.8, 4) is 0 Å². The average Bonchev–Trinajstić information content (AvgIpc) is 2.95. The number of hydrogen-bond acceptors (Lipinski definition) is 18. The molecule has 0 aliphatic carbocycles. The SMILES string of the molecule is CC(C)OC(=O)O.CC(C)OC(=O)O.CC(C)OC(=O)O.CC(C)OC(=O)O.CC(C)OC(=O)O.CC(C)OC(=O)O.NCCN.NCCN.NCCN. The van der Waals surface area contributed by atoms with Gasteiger partial charge in [0.05, 0.1) is 36.6 Å². The molecule has 0 radical (unpaired) electrons. The maximum absolute atomic E-state index is 9.59. The lowest BCUT2D eigenvalue weighted by Gasteiger charge is -1.99. The molecule has 24 heteroatoms. The summed E-state index contributed by atoms with van der Waals surface area (Å²) in [4.78, 5) is 57.5. The number of hydrogen-bond donors (Lipinski definition) is 12. The average molecular weight is 805 g/mol. The number of ether oxygens (including phenoxy) is 6. The first-order valence-corrected chi connectivity index (χ1v) is 16.1. The van der Waals surface area contributed by atoms with Gasteiger partial charge in [0.2, 0.25) is 0 Å². The third-order valence-corrected chi connectivity index (χ3v) is 2.52. The van der Waals surface area contributed by atoms with Gasteiger partial charge in [0.15, 0.2) is 0 Å². The van der Waals surface area contributed by atoms with E-state index in [1.54, 1.807) is 83.1 Å². The monoisotopic (exact) mass is 804 g/mol. The lowest BCUT2D eigenvalue weighted by Crippen LogP contribution is -2.11. The Morgan fingerprint density at radius 1 is 0.296 bits per heavy atom. The third kappa shape index (κ3) is 203. The largest absolute Gasteiger partial charge is 0.506 e. The molecule has 330 valence electrons. The summed E-state index contributed by atoms with van der Waals surface area (Å²) in [6.07, 6.45) is -8.63. The quantitative estimate of drug-likeness (QED) is 0.117. The minimum absolute atomic E-state index is 0.225. The van der Waals surface area contributed by atoms with Crippen molar-refractivity contribution in [1.29, 1.82) is 0 Å². The molecule has 0 atom stereocenters. The Balaban J connectivity index is -0.0000000608. The molecule has 0 unspecified atom stereocenters. The van der Waals surface area contributed by atoms with Gasteiger partial charge in [-0.15, -0.1) is 0 Å². The second-order valence-corrected chi connectivity index (χ2v) is 10.3. The summed E-state index contributed by atoms with van der Waals surface area (Å²) < 4.78 is 25.0. The van der Waals surface area contributed by atoms with E-state index >= 15 is 0 Å². The Bertz CT molecular complexity index is 664. The molecule has 54 heavy (non-hydrogen) atoms. The Morgan fingerprint density at radius 2 is 0.370 bits per heavy atom. The molecule has 0 aromatic heterocycles. The number of carbonyl (C=O) groups is 6. The maximum Gasteiger partial charge on any atom is 0.506 e. The number of carboxylic acid groups (broad SMARTS) is 6. The first-order valence-electron chi connectivity index (χ1n) is 16.1. The predicted octanol–water partition coefficient (Wildman–Crippen LogP) is 3.25. The Morgan fingerprint density at radius 3 is 0.370 bits per heavy atom. The van der Waals surface area contributed by atoms with Crippen molar-refractivity contribution < 1.29 is 87.8 Å². The topological polar surface area (TPSA) is 435 Å². The van der Waals surface area contributed by atoms with E-state index < -0.39 is 36.9 Å². The van der Waals surface area contributed by atoms with E-state index in [2.05, 4.69) is 28.4 Å². The smallest absolute Gasteiger partial charge is 0.450 e. The van der Waals surface area contributed by atoms with Gasteiger partial charge in [-0.25, -0.2) is 28.8 Å². The zero-order chi connectivity index (χ0) is 45.4. The highest BCUT2D eigenvalue weighted by Crippen LogP contribution is 1.88. The van der Waals surface area contributed by atoms with Crippen LogP contribution in [0.25, 0.3) is 0 Å². The van der Waals surface area contributed by atoms with Crippen LogP contribution in [0.3, 0.4) is 0 Å². The summed E-state index contributed by atoms with van der Waals surface area (Å²) in [5.41, 5.74) is 29.4. The molecule has 0 fully saturated rings. The van der Waals surface area contributed by atoms with Crippen LogP contribution in [0.5, 0.6) is 0 Å². The van der Waals surface area contributed by atoms with Crippen LogP contribution in [-0.2, 0) is 28.4 Å². The maximum atomic E-state index is 9.59. The van der Waals surface area contributed by atoms with Crippen molar-refractivity contribution in [3.05, 3.63) is 0 Å². The van der Waals surface area contributed by atoms with Crippen molar-refractivity contribution in [2.24, 2.45) is 34.4 Å². The standard InChI is InChI=1S/6C4H8O3.3C2H8N2/c6*1-3(2)7-4(5)6;3*3-1-2-4/h6*3H,1-2H3,(H,5,6);3*1-4H2. The van der Waals surface area contributed by atoms with E-state index in [-0.39, 0.29) is 36.6 Å². The molecule has 0 aliphatic rings. The van der Waals surface area contributed by atoms with Crippen LogP contribution in [0.4, 0.5) is 28.8 Å². The minimum Gasteiger partial charge on any atom is -0.450 e. The predicted molar refractivity (Wildman–Crippen MR) is 200 cm³/mol. The van der Waals surface area contributed by atoms with Crippen molar-refractivity contribution >= 4 is 36.9 Å². The lowest BCUT2D eigenvalue weighted by atomic mass is 10.5. The Labute approximate surface area is 318 Å².